The van der Waals surface area contributed by atoms with E-state index in [1.54, 1.807) is 25.6 Å². The predicted octanol–water partition coefficient (Wildman–Crippen LogP) is 3.42. The fourth-order valence-corrected chi connectivity index (χ4v) is 2.79. The van der Waals surface area contributed by atoms with Crippen LogP contribution in [0.4, 0.5) is 10.8 Å². The van der Waals surface area contributed by atoms with E-state index in [0.717, 1.165) is 17.2 Å². The second kappa shape index (κ2) is 7.02. The summed E-state index contributed by atoms with van der Waals surface area (Å²) in [6.45, 7) is 0. The first kappa shape index (κ1) is 15.2. The van der Waals surface area contributed by atoms with Crippen molar-refractivity contribution in [3.8, 4) is 0 Å². The molecule has 0 unspecified atom stereocenters. The van der Waals surface area contributed by atoms with Crippen LogP contribution in [0.1, 0.15) is 20.8 Å². The molecule has 116 valence electrons. The van der Waals surface area contributed by atoms with Crippen LogP contribution in [0.2, 0.25) is 0 Å². The van der Waals surface area contributed by atoms with E-state index in [4.69, 9.17) is 0 Å². The molecule has 5 nitrogen and oxygen atoms in total. The molecule has 0 bridgehead atoms. The average molecular weight is 324 g/mol. The zero-order valence-electron chi connectivity index (χ0n) is 12.6. The summed E-state index contributed by atoms with van der Waals surface area (Å²) in [4.78, 5) is 20.8. The molecule has 23 heavy (non-hydrogen) atoms. The average Bonchev–Trinajstić information content (AvgIpc) is 3.07. The van der Waals surface area contributed by atoms with Crippen molar-refractivity contribution in [2.75, 3.05) is 17.7 Å². The van der Waals surface area contributed by atoms with Crippen LogP contribution in [0.15, 0.2) is 55.0 Å². The molecule has 2 heterocycles. The van der Waals surface area contributed by atoms with Gasteiger partial charge in [0.1, 0.15) is 4.88 Å². The van der Waals surface area contributed by atoms with Gasteiger partial charge in [0, 0.05) is 25.1 Å². The van der Waals surface area contributed by atoms with E-state index in [9.17, 15) is 4.79 Å². The van der Waals surface area contributed by atoms with Crippen LogP contribution in [-0.2, 0) is 6.42 Å². The second-order valence-corrected chi connectivity index (χ2v) is 5.99. The summed E-state index contributed by atoms with van der Waals surface area (Å²) in [5.74, 6) is -0.147. The van der Waals surface area contributed by atoms with Gasteiger partial charge in [-0.05, 0) is 41.8 Å². The van der Waals surface area contributed by atoms with Crippen molar-refractivity contribution in [3.63, 3.8) is 0 Å². The molecule has 0 radical (unpaired) electrons. The summed E-state index contributed by atoms with van der Waals surface area (Å²) in [6.07, 6.45) is 6.00. The van der Waals surface area contributed by atoms with E-state index in [1.807, 2.05) is 36.4 Å². The summed E-state index contributed by atoms with van der Waals surface area (Å²) < 4.78 is 0. The highest BCUT2D eigenvalue weighted by molar-refractivity contribution is 7.17. The number of aromatic nitrogens is 2. The number of anilines is 2. The molecule has 6 heteroatoms. The van der Waals surface area contributed by atoms with E-state index in [0.29, 0.717) is 4.88 Å². The van der Waals surface area contributed by atoms with Crippen molar-refractivity contribution in [3.05, 3.63) is 71.0 Å². The normalized spacial score (nSPS) is 10.3. The maximum absolute atomic E-state index is 12.1. The minimum Gasteiger partial charge on any atom is -0.365 e. The summed E-state index contributed by atoms with van der Waals surface area (Å²) in [5.41, 5.74) is 3.17. The van der Waals surface area contributed by atoms with E-state index in [2.05, 4.69) is 20.6 Å². The van der Waals surface area contributed by atoms with Gasteiger partial charge in [0.15, 0.2) is 5.13 Å². The van der Waals surface area contributed by atoms with Crippen LogP contribution >= 0.6 is 11.3 Å². The van der Waals surface area contributed by atoms with Gasteiger partial charge in [0.05, 0.1) is 6.20 Å². The van der Waals surface area contributed by atoms with Gasteiger partial charge >= 0.3 is 0 Å². The van der Waals surface area contributed by atoms with Gasteiger partial charge in [-0.3, -0.25) is 9.78 Å². The molecule has 0 aliphatic heterocycles. The lowest BCUT2D eigenvalue weighted by atomic mass is 10.1. The monoisotopic (exact) mass is 324 g/mol. The highest BCUT2D eigenvalue weighted by Crippen LogP contribution is 2.19. The van der Waals surface area contributed by atoms with Gasteiger partial charge in [0.2, 0.25) is 0 Å². The smallest absolute Gasteiger partial charge is 0.267 e. The Morgan fingerprint density at radius 2 is 1.78 bits per heavy atom. The fourth-order valence-electron chi connectivity index (χ4n) is 2.13. The Hall–Kier alpha value is -2.73. The van der Waals surface area contributed by atoms with Crippen molar-refractivity contribution in [1.82, 2.24) is 9.97 Å². The van der Waals surface area contributed by atoms with Crippen molar-refractivity contribution in [2.45, 2.75) is 6.42 Å². The zero-order chi connectivity index (χ0) is 16.1. The number of nitrogens with one attached hydrogen (secondary N) is 2. The summed E-state index contributed by atoms with van der Waals surface area (Å²) in [6, 6.07) is 11.9. The molecule has 0 fully saturated rings. The first-order chi connectivity index (χ1) is 11.2. The molecular weight excluding hydrogens is 308 g/mol. The summed E-state index contributed by atoms with van der Waals surface area (Å²) >= 11 is 1.32. The van der Waals surface area contributed by atoms with Crippen LogP contribution in [-0.4, -0.2) is 22.9 Å². The van der Waals surface area contributed by atoms with Gasteiger partial charge in [-0.1, -0.05) is 23.5 Å². The number of amides is 1. The Balaban J connectivity index is 1.64. The molecule has 2 aromatic heterocycles. The van der Waals surface area contributed by atoms with Crippen molar-refractivity contribution in [1.29, 1.82) is 0 Å². The van der Waals surface area contributed by atoms with Gasteiger partial charge in [-0.25, -0.2) is 4.98 Å². The quantitative estimate of drug-likeness (QED) is 0.754. The van der Waals surface area contributed by atoms with Gasteiger partial charge < -0.3 is 10.6 Å². The SMILES string of the molecule is CNc1ncc(C(=O)Nc2ccc(Cc3ccncc3)cc2)s1. The van der Waals surface area contributed by atoms with E-state index in [-0.39, 0.29) is 5.91 Å². The lowest BCUT2D eigenvalue weighted by Crippen LogP contribution is -2.10. The summed E-state index contributed by atoms with van der Waals surface area (Å²) in [7, 11) is 1.78. The molecule has 0 aliphatic rings. The molecule has 3 aromatic rings. The minimum atomic E-state index is -0.147. The Bertz CT molecular complexity index is 784. The lowest BCUT2D eigenvalue weighted by molar-refractivity contribution is 0.103. The highest BCUT2D eigenvalue weighted by atomic mass is 32.1. The first-order valence-corrected chi connectivity index (χ1v) is 7.99. The number of carbonyl (C=O) groups is 1. The molecule has 3 rings (SSSR count). The molecule has 1 aromatic carbocycles. The van der Waals surface area contributed by atoms with Crippen molar-refractivity contribution < 1.29 is 4.79 Å². The van der Waals surface area contributed by atoms with Crippen LogP contribution in [0.5, 0.6) is 0 Å². The molecular formula is C17H16N4OS. The van der Waals surface area contributed by atoms with Crippen LogP contribution < -0.4 is 10.6 Å². The van der Waals surface area contributed by atoms with Gasteiger partial charge in [0.25, 0.3) is 5.91 Å². The molecule has 0 spiro atoms. The largest absolute Gasteiger partial charge is 0.365 e. The molecule has 0 saturated heterocycles. The maximum Gasteiger partial charge on any atom is 0.267 e. The Morgan fingerprint density at radius 1 is 1.09 bits per heavy atom. The fraction of sp³-hybridized carbons (Fsp3) is 0.118. The van der Waals surface area contributed by atoms with Crippen LogP contribution in [0.3, 0.4) is 0 Å². The van der Waals surface area contributed by atoms with Crippen molar-refractivity contribution >= 4 is 28.1 Å². The number of pyridine rings is 1. The Kier molecular flexibility index (Phi) is 4.63. The molecule has 2 N–H and O–H groups in total. The number of nitrogens with zero attached hydrogens (tertiary/aromatic N) is 2. The first-order valence-electron chi connectivity index (χ1n) is 7.17. The van der Waals surface area contributed by atoms with Crippen molar-refractivity contribution in [2.24, 2.45) is 0 Å². The maximum atomic E-state index is 12.1. The third kappa shape index (κ3) is 3.92. The zero-order valence-corrected chi connectivity index (χ0v) is 13.4. The van der Waals surface area contributed by atoms with E-state index >= 15 is 0 Å². The Labute approximate surface area is 138 Å². The van der Waals surface area contributed by atoms with E-state index < -0.39 is 0 Å². The molecule has 0 aliphatic carbocycles. The second-order valence-electron chi connectivity index (χ2n) is 4.96. The Morgan fingerprint density at radius 3 is 2.43 bits per heavy atom. The molecule has 1 amide bonds. The van der Waals surface area contributed by atoms with Gasteiger partial charge in [-0.2, -0.15) is 0 Å². The minimum absolute atomic E-state index is 0.147. The van der Waals surface area contributed by atoms with Crippen LogP contribution in [0.25, 0.3) is 0 Å². The number of benzene rings is 1. The number of thiazole rings is 1. The highest BCUT2D eigenvalue weighted by Gasteiger charge is 2.10. The third-order valence-corrected chi connectivity index (χ3v) is 4.33. The van der Waals surface area contributed by atoms with Crippen LogP contribution in [0, 0.1) is 0 Å². The number of rotatable bonds is 5. The third-order valence-electron chi connectivity index (χ3n) is 3.31. The molecule has 0 saturated carbocycles. The topological polar surface area (TPSA) is 66.9 Å². The van der Waals surface area contributed by atoms with E-state index in [1.165, 1.54) is 22.5 Å². The number of hydrogen-bond donors (Lipinski definition) is 2. The number of carbonyl (C=O) groups excluding carboxylic acids is 1. The standard InChI is InChI=1S/C17H16N4OS/c1-18-17-20-11-15(23-17)16(22)21-14-4-2-12(3-5-14)10-13-6-8-19-9-7-13/h2-9,11H,10H2,1H3,(H,18,20)(H,21,22). The lowest BCUT2D eigenvalue weighted by Gasteiger charge is -2.05. The number of hydrogen-bond acceptors (Lipinski definition) is 5. The predicted molar refractivity (Wildman–Crippen MR) is 93.1 cm³/mol. The molecule has 0 atom stereocenters. The summed E-state index contributed by atoms with van der Waals surface area (Å²) in [5, 5.41) is 6.52. The van der Waals surface area contributed by atoms with Gasteiger partial charge in [-0.15, -0.1) is 0 Å².